The standard InChI is InChI=1S/C17H38OSSi/c1-18-20(2,3)17-15-13-11-9-7-5-4-6-8-10-12-14-16-19/h19H,4-17H2,1-3H3. The van der Waals surface area contributed by atoms with Gasteiger partial charge in [0.05, 0.1) is 0 Å². The molecule has 0 atom stereocenters. The van der Waals surface area contributed by atoms with E-state index < -0.39 is 8.32 Å². The largest absolute Gasteiger partial charge is 0.420 e. The van der Waals surface area contributed by atoms with Gasteiger partial charge < -0.3 is 4.43 Å². The summed E-state index contributed by atoms with van der Waals surface area (Å²) in [6.07, 6.45) is 17.0. The molecule has 0 saturated carbocycles. The van der Waals surface area contributed by atoms with E-state index in [-0.39, 0.29) is 0 Å². The predicted molar refractivity (Wildman–Crippen MR) is 98.6 cm³/mol. The normalized spacial score (nSPS) is 12.0. The Hall–Kier alpha value is 0.527. The van der Waals surface area contributed by atoms with Gasteiger partial charge in [-0.05, 0) is 31.3 Å². The van der Waals surface area contributed by atoms with E-state index in [0.29, 0.717) is 0 Å². The summed E-state index contributed by atoms with van der Waals surface area (Å²) >= 11 is 4.24. The second kappa shape index (κ2) is 14.5. The van der Waals surface area contributed by atoms with E-state index in [1.807, 2.05) is 7.11 Å². The highest BCUT2D eigenvalue weighted by molar-refractivity contribution is 7.80. The zero-order chi connectivity index (χ0) is 15.1. The average Bonchev–Trinajstić information content (AvgIpc) is 2.44. The van der Waals surface area contributed by atoms with E-state index in [9.17, 15) is 0 Å². The molecule has 0 aliphatic carbocycles. The second-order valence-electron chi connectivity index (χ2n) is 6.68. The molecule has 1 nitrogen and oxygen atoms in total. The molecule has 0 spiro atoms. The maximum atomic E-state index is 5.58. The molecule has 0 aromatic rings. The summed E-state index contributed by atoms with van der Waals surface area (Å²) in [6.45, 7) is 4.65. The fourth-order valence-electron chi connectivity index (χ4n) is 2.53. The van der Waals surface area contributed by atoms with Crippen LogP contribution in [0.1, 0.15) is 77.0 Å². The Kier molecular flexibility index (Phi) is 14.8. The summed E-state index contributed by atoms with van der Waals surface area (Å²) in [4.78, 5) is 0. The van der Waals surface area contributed by atoms with Crippen LogP contribution in [0.25, 0.3) is 0 Å². The fourth-order valence-corrected chi connectivity index (χ4v) is 4.06. The van der Waals surface area contributed by atoms with Gasteiger partial charge in [-0.25, -0.2) is 0 Å². The number of unbranched alkanes of at least 4 members (excludes halogenated alkanes) is 11. The van der Waals surface area contributed by atoms with E-state index in [4.69, 9.17) is 4.43 Å². The van der Waals surface area contributed by atoms with Crippen LogP contribution in [-0.2, 0) is 4.43 Å². The first-order valence-electron chi connectivity index (χ1n) is 8.78. The van der Waals surface area contributed by atoms with Gasteiger partial charge in [0, 0.05) is 7.11 Å². The molecule has 0 N–H and O–H groups in total. The summed E-state index contributed by atoms with van der Waals surface area (Å²) in [5, 5.41) is 0. The Bertz CT molecular complexity index is 197. The molecular formula is C17H38OSSi. The molecule has 0 rings (SSSR count). The molecule has 0 fully saturated rings. The monoisotopic (exact) mass is 318 g/mol. The second-order valence-corrected chi connectivity index (χ2v) is 11.6. The summed E-state index contributed by atoms with van der Waals surface area (Å²) < 4.78 is 5.58. The molecule has 122 valence electrons. The molecular weight excluding hydrogens is 280 g/mol. The molecule has 0 unspecified atom stereocenters. The summed E-state index contributed by atoms with van der Waals surface area (Å²) in [5.41, 5.74) is 0. The van der Waals surface area contributed by atoms with Crippen molar-refractivity contribution in [3.63, 3.8) is 0 Å². The minimum absolute atomic E-state index is 1.06. The van der Waals surface area contributed by atoms with Crippen molar-refractivity contribution in [1.82, 2.24) is 0 Å². The van der Waals surface area contributed by atoms with Crippen molar-refractivity contribution < 1.29 is 4.43 Å². The van der Waals surface area contributed by atoms with Crippen LogP contribution >= 0.6 is 12.6 Å². The Morgan fingerprint density at radius 1 is 0.650 bits per heavy atom. The molecule has 0 saturated heterocycles. The molecule has 3 heteroatoms. The van der Waals surface area contributed by atoms with Crippen LogP contribution in [0.15, 0.2) is 0 Å². The third-order valence-electron chi connectivity index (χ3n) is 4.24. The summed E-state index contributed by atoms with van der Waals surface area (Å²) in [7, 11) is 0.597. The molecule has 0 bridgehead atoms. The number of hydrogen-bond donors (Lipinski definition) is 1. The fraction of sp³-hybridized carbons (Fsp3) is 1.00. The van der Waals surface area contributed by atoms with Gasteiger partial charge in [-0.1, -0.05) is 70.6 Å². The van der Waals surface area contributed by atoms with Gasteiger partial charge in [-0.3, -0.25) is 0 Å². The highest BCUT2D eigenvalue weighted by Crippen LogP contribution is 2.17. The maximum Gasteiger partial charge on any atom is 0.186 e. The number of hydrogen-bond acceptors (Lipinski definition) is 2. The van der Waals surface area contributed by atoms with Gasteiger partial charge in [-0.15, -0.1) is 0 Å². The van der Waals surface area contributed by atoms with Gasteiger partial charge in [0.25, 0.3) is 0 Å². The van der Waals surface area contributed by atoms with Crippen molar-refractivity contribution in [1.29, 1.82) is 0 Å². The average molecular weight is 319 g/mol. The smallest absolute Gasteiger partial charge is 0.186 e. The van der Waals surface area contributed by atoms with Gasteiger partial charge in [0.15, 0.2) is 8.32 Å². The highest BCUT2D eigenvalue weighted by atomic mass is 32.1. The van der Waals surface area contributed by atoms with E-state index in [2.05, 4.69) is 25.7 Å². The quantitative estimate of drug-likeness (QED) is 0.207. The van der Waals surface area contributed by atoms with Crippen molar-refractivity contribution >= 4 is 20.9 Å². The zero-order valence-corrected chi connectivity index (χ0v) is 16.1. The van der Waals surface area contributed by atoms with Crippen LogP contribution in [0, 0.1) is 0 Å². The first-order valence-corrected chi connectivity index (χ1v) is 12.5. The van der Waals surface area contributed by atoms with Crippen molar-refractivity contribution in [2.45, 2.75) is 96.2 Å². The van der Waals surface area contributed by atoms with E-state index in [0.717, 1.165) is 5.75 Å². The maximum absolute atomic E-state index is 5.58. The van der Waals surface area contributed by atoms with Crippen LogP contribution in [0.3, 0.4) is 0 Å². The molecule has 20 heavy (non-hydrogen) atoms. The Balaban J connectivity index is 3.06. The molecule has 0 radical (unpaired) electrons. The highest BCUT2D eigenvalue weighted by Gasteiger charge is 2.18. The van der Waals surface area contributed by atoms with Gasteiger partial charge in [-0.2, -0.15) is 12.6 Å². The van der Waals surface area contributed by atoms with E-state index in [1.54, 1.807) is 0 Å². The van der Waals surface area contributed by atoms with Crippen LogP contribution in [-0.4, -0.2) is 21.2 Å². The lowest BCUT2D eigenvalue weighted by atomic mass is 10.1. The molecule has 0 aliphatic rings. The van der Waals surface area contributed by atoms with Crippen LogP contribution in [0.4, 0.5) is 0 Å². The van der Waals surface area contributed by atoms with Gasteiger partial charge in [0.2, 0.25) is 0 Å². The van der Waals surface area contributed by atoms with Crippen LogP contribution in [0.2, 0.25) is 19.1 Å². The molecule has 0 heterocycles. The minimum atomic E-state index is -1.28. The third-order valence-corrected chi connectivity index (χ3v) is 7.22. The van der Waals surface area contributed by atoms with Crippen molar-refractivity contribution in [3.8, 4) is 0 Å². The lowest BCUT2D eigenvalue weighted by molar-refractivity contribution is 0.400. The molecule has 0 aromatic carbocycles. The van der Waals surface area contributed by atoms with E-state index >= 15 is 0 Å². The first-order chi connectivity index (χ1) is 9.62. The lowest BCUT2D eigenvalue weighted by Crippen LogP contribution is -2.27. The SMILES string of the molecule is CO[Si](C)(C)CCCCCCCCCCCCCCS. The minimum Gasteiger partial charge on any atom is -0.420 e. The van der Waals surface area contributed by atoms with Crippen LogP contribution < -0.4 is 0 Å². The van der Waals surface area contributed by atoms with E-state index in [1.165, 1.54) is 83.1 Å². The third kappa shape index (κ3) is 14.9. The van der Waals surface area contributed by atoms with Crippen LogP contribution in [0.5, 0.6) is 0 Å². The van der Waals surface area contributed by atoms with Crippen molar-refractivity contribution in [3.05, 3.63) is 0 Å². The number of thiol groups is 1. The molecule has 0 aromatic heterocycles. The van der Waals surface area contributed by atoms with Crippen molar-refractivity contribution in [2.75, 3.05) is 12.9 Å². The Labute approximate surface area is 134 Å². The number of rotatable bonds is 15. The lowest BCUT2D eigenvalue weighted by Gasteiger charge is -2.19. The zero-order valence-electron chi connectivity index (χ0n) is 14.3. The Morgan fingerprint density at radius 2 is 1.00 bits per heavy atom. The van der Waals surface area contributed by atoms with Gasteiger partial charge >= 0.3 is 0 Å². The molecule has 0 amide bonds. The molecule has 0 aliphatic heterocycles. The van der Waals surface area contributed by atoms with Crippen molar-refractivity contribution in [2.24, 2.45) is 0 Å². The summed E-state index contributed by atoms with van der Waals surface area (Å²) in [6, 6.07) is 1.33. The predicted octanol–water partition coefficient (Wildman–Crippen LogP) is 6.45. The van der Waals surface area contributed by atoms with Gasteiger partial charge in [0.1, 0.15) is 0 Å². The Morgan fingerprint density at radius 3 is 1.35 bits per heavy atom. The summed E-state index contributed by atoms with van der Waals surface area (Å²) in [5.74, 6) is 1.06. The first kappa shape index (κ1) is 20.5. The topological polar surface area (TPSA) is 9.23 Å².